The zero-order valence-corrected chi connectivity index (χ0v) is 12.8. The Morgan fingerprint density at radius 1 is 1.37 bits per heavy atom. The number of ether oxygens (including phenoxy) is 1. The molecule has 1 atom stereocenters. The number of methoxy groups -OCH3 is 1. The molecule has 0 aromatic heterocycles. The first-order valence-corrected chi connectivity index (χ1v) is 7.05. The van der Waals surface area contributed by atoms with Crippen molar-refractivity contribution < 1.29 is 4.74 Å². The van der Waals surface area contributed by atoms with Gasteiger partial charge in [-0.3, -0.25) is 0 Å². The van der Waals surface area contributed by atoms with Gasteiger partial charge in [-0.1, -0.05) is 19.9 Å². The summed E-state index contributed by atoms with van der Waals surface area (Å²) in [5.41, 5.74) is 2.75. The summed E-state index contributed by atoms with van der Waals surface area (Å²) >= 11 is 0. The minimum absolute atomic E-state index is 0.263. The van der Waals surface area contributed by atoms with Crippen molar-refractivity contribution in [3.8, 4) is 5.75 Å². The van der Waals surface area contributed by atoms with Crippen molar-refractivity contribution in [3.05, 3.63) is 23.8 Å². The maximum atomic E-state index is 5.55. The molecule has 1 aliphatic rings. The molecule has 0 saturated carbocycles. The molecular formula is C16H26N2O. The van der Waals surface area contributed by atoms with Gasteiger partial charge >= 0.3 is 0 Å². The van der Waals surface area contributed by atoms with Crippen LogP contribution in [0.5, 0.6) is 5.75 Å². The molecule has 1 aromatic carbocycles. The second-order valence-electron chi connectivity index (χ2n) is 6.45. The Morgan fingerprint density at radius 3 is 2.79 bits per heavy atom. The highest BCUT2D eigenvalue weighted by atomic mass is 16.5. The lowest BCUT2D eigenvalue weighted by Crippen LogP contribution is -2.40. The molecule has 0 aliphatic carbocycles. The Morgan fingerprint density at radius 2 is 2.11 bits per heavy atom. The van der Waals surface area contributed by atoms with Crippen LogP contribution in [-0.4, -0.2) is 32.8 Å². The Labute approximate surface area is 116 Å². The quantitative estimate of drug-likeness (QED) is 0.887. The first-order chi connectivity index (χ1) is 8.93. The zero-order valence-electron chi connectivity index (χ0n) is 12.8. The molecule has 2 rings (SSSR count). The molecule has 3 nitrogen and oxygen atoms in total. The SMILES string of the molecule is COc1ccc(C)cc1N1CC(C)(C)CNCC1C. The molecule has 1 fully saturated rings. The Kier molecular flexibility index (Phi) is 4.04. The van der Waals surface area contributed by atoms with Gasteiger partial charge in [0.2, 0.25) is 0 Å². The third kappa shape index (κ3) is 3.21. The lowest BCUT2D eigenvalue weighted by atomic mass is 9.92. The Bertz CT molecular complexity index is 442. The van der Waals surface area contributed by atoms with E-state index in [0.717, 1.165) is 25.4 Å². The van der Waals surface area contributed by atoms with Gasteiger partial charge in [0.15, 0.2) is 0 Å². The van der Waals surface area contributed by atoms with Crippen molar-refractivity contribution in [1.29, 1.82) is 0 Å². The molecule has 1 unspecified atom stereocenters. The molecule has 1 heterocycles. The number of rotatable bonds is 2. The van der Waals surface area contributed by atoms with Crippen LogP contribution in [0, 0.1) is 12.3 Å². The molecule has 106 valence electrons. The van der Waals surface area contributed by atoms with E-state index in [1.807, 2.05) is 0 Å². The number of aryl methyl sites for hydroxylation is 1. The molecule has 0 amide bonds. The van der Waals surface area contributed by atoms with E-state index in [0.29, 0.717) is 6.04 Å². The van der Waals surface area contributed by atoms with Crippen LogP contribution < -0.4 is 15.0 Å². The average Bonchev–Trinajstić information content (AvgIpc) is 2.48. The molecule has 3 heteroatoms. The van der Waals surface area contributed by atoms with Gasteiger partial charge in [0.1, 0.15) is 5.75 Å². The first-order valence-electron chi connectivity index (χ1n) is 7.05. The van der Waals surface area contributed by atoms with Crippen LogP contribution in [0.3, 0.4) is 0 Å². The number of anilines is 1. The molecule has 0 bridgehead atoms. The van der Waals surface area contributed by atoms with Gasteiger partial charge in [-0.15, -0.1) is 0 Å². The van der Waals surface area contributed by atoms with Crippen LogP contribution in [0.4, 0.5) is 5.69 Å². The minimum atomic E-state index is 0.263. The van der Waals surface area contributed by atoms with Crippen molar-refractivity contribution in [1.82, 2.24) is 5.32 Å². The lowest BCUT2D eigenvalue weighted by Gasteiger charge is -2.35. The minimum Gasteiger partial charge on any atom is -0.495 e. The topological polar surface area (TPSA) is 24.5 Å². The van der Waals surface area contributed by atoms with Crippen LogP contribution in [-0.2, 0) is 0 Å². The largest absolute Gasteiger partial charge is 0.495 e. The highest BCUT2D eigenvalue weighted by molar-refractivity contribution is 5.61. The molecule has 1 aromatic rings. The maximum Gasteiger partial charge on any atom is 0.142 e. The number of nitrogens with zero attached hydrogens (tertiary/aromatic N) is 1. The lowest BCUT2D eigenvalue weighted by molar-refractivity contribution is 0.366. The number of benzene rings is 1. The Balaban J connectivity index is 2.39. The van der Waals surface area contributed by atoms with Gasteiger partial charge in [0, 0.05) is 25.7 Å². The summed E-state index contributed by atoms with van der Waals surface area (Å²) in [5.74, 6) is 0.968. The fourth-order valence-electron chi connectivity index (χ4n) is 2.75. The van der Waals surface area contributed by atoms with Gasteiger partial charge in [-0.2, -0.15) is 0 Å². The van der Waals surface area contributed by atoms with Crippen LogP contribution in [0.1, 0.15) is 26.3 Å². The van der Waals surface area contributed by atoms with E-state index in [-0.39, 0.29) is 5.41 Å². The molecule has 19 heavy (non-hydrogen) atoms. The first kappa shape index (κ1) is 14.2. The summed E-state index contributed by atoms with van der Waals surface area (Å²) < 4.78 is 5.55. The van der Waals surface area contributed by atoms with Crippen LogP contribution >= 0.6 is 0 Å². The fourth-order valence-corrected chi connectivity index (χ4v) is 2.75. The van der Waals surface area contributed by atoms with E-state index in [9.17, 15) is 0 Å². The molecule has 0 radical (unpaired) electrons. The van der Waals surface area contributed by atoms with Crippen LogP contribution in [0.2, 0.25) is 0 Å². The number of hydrogen-bond acceptors (Lipinski definition) is 3. The number of nitrogens with one attached hydrogen (secondary N) is 1. The third-order valence-electron chi connectivity index (χ3n) is 3.82. The van der Waals surface area contributed by atoms with E-state index in [2.05, 4.69) is 56.1 Å². The van der Waals surface area contributed by atoms with E-state index in [1.54, 1.807) is 7.11 Å². The van der Waals surface area contributed by atoms with Gasteiger partial charge in [0.05, 0.1) is 12.8 Å². The van der Waals surface area contributed by atoms with Gasteiger partial charge in [-0.25, -0.2) is 0 Å². The van der Waals surface area contributed by atoms with Crippen LogP contribution in [0.15, 0.2) is 18.2 Å². The molecule has 0 spiro atoms. The van der Waals surface area contributed by atoms with Gasteiger partial charge in [0.25, 0.3) is 0 Å². The second kappa shape index (κ2) is 5.41. The fraction of sp³-hybridized carbons (Fsp3) is 0.625. The molecule has 1 aliphatic heterocycles. The van der Waals surface area contributed by atoms with Crippen molar-refractivity contribution in [2.45, 2.75) is 33.7 Å². The summed E-state index contributed by atoms with van der Waals surface area (Å²) in [7, 11) is 1.75. The summed E-state index contributed by atoms with van der Waals surface area (Å²) in [5, 5.41) is 3.56. The number of hydrogen-bond donors (Lipinski definition) is 1. The van der Waals surface area contributed by atoms with Crippen molar-refractivity contribution in [3.63, 3.8) is 0 Å². The monoisotopic (exact) mass is 262 g/mol. The van der Waals surface area contributed by atoms with Gasteiger partial charge < -0.3 is 15.0 Å². The molecule has 1 saturated heterocycles. The van der Waals surface area contributed by atoms with Crippen molar-refractivity contribution in [2.24, 2.45) is 5.41 Å². The maximum absolute atomic E-state index is 5.55. The predicted octanol–water partition coefficient (Wildman–Crippen LogP) is 2.83. The predicted molar refractivity (Wildman–Crippen MR) is 81.2 cm³/mol. The highest BCUT2D eigenvalue weighted by Crippen LogP contribution is 2.33. The third-order valence-corrected chi connectivity index (χ3v) is 3.82. The standard InChI is InChI=1S/C16H26N2O/c1-12-6-7-15(19-5)14(8-12)18-11-16(3,4)10-17-9-13(18)2/h6-8,13,17H,9-11H2,1-5H3. The summed E-state index contributed by atoms with van der Waals surface area (Å²) in [4.78, 5) is 2.48. The average molecular weight is 262 g/mol. The molecule has 1 N–H and O–H groups in total. The van der Waals surface area contributed by atoms with Crippen molar-refractivity contribution >= 4 is 5.69 Å². The van der Waals surface area contributed by atoms with E-state index in [1.165, 1.54) is 11.3 Å². The van der Waals surface area contributed by atoms with Crippen LogP contribution in [0.25, 0.3) is 0 Å². The van der Waals surface area contributed by atoms with Gasteiger partial charge in [-0.05, 0) is 37.0 Å². The van der Waals surface area contributed by atoms with E-state index < -0.39 is 0 Å². The normalized spacial score (nSPS) is 23.0. The molecular weight excluding hydrogens is 236 g/mol. The summed E-state index contributed by atoms with van der Waals surface area (Å²) in [6, 6.07) is 6.88. The Hall–Kier alpha value is -1.22. The second-order valence-corrected chi connectivity index (χ2v) is 6.45. The summed E-state index contributed by atoms with van der Waals surface area (Å²) in [6.45, 7) is 12.1. The smallest absolute Gasteiger partial charge is 0.142 e. The highest BCUT2D eigenvalue weighted by Gasteiger charge is 2.29. The van der Waals surface area contributed by atoms with E-state index >= 15 is 0 Å². The van der Waals surface area contributed by atoms with E-state index in [4.69, 9.17) is 4.74 Å². The zero-order chi connectivity index (χ0) is 14.0. The van der Waals surface area contributed by atoms with Crippen molar-refractivity contribution in [2.75, 3.05) is 31.6 Å². The summed E-state index contributed by atoms with van der Waals surface area (Å²) in [6.07, 6.45) is 0.